The van der Waals surface area contributed by atoms with Gasteiger partial charge in [0.1, 0.15) is 0 Å². The molecule has 0 saturated heterocycles. The van der Waals surface area contributed by atoms with Crippen LogP contribution in [0.25, 0.3) is 0 Å². The molecule has 1 unspecified atom stereocenters. The van der Waals surface area contributed by atoms with Crippen LogP contribution in [-0.2, 0) is 11.2 Å². The molecule has 1 saturated carbocycles. The van der Waals surface area contributed by atoms with Gasteiger partial charge in [-0.05, 0) is 43.9 Å². The lowest BCUT2D eigenvalue weighted by atomic mass is 9.94. The summed E-state index contributed by atoms with van der Waals surface area (Å²) < 4.78 is 10.6. The topological polar surface area (TPSA) is 89.6 Å². The van der Waals surface area contributed by atoms with Crippen molar-refractivity contribution in [3.8, 4) is 11.5 Å². The van der Waals surface area contributed by atoms with Crippen LogP contribution in [0.3, 0.4) is 0 Å². The first-order chi connectivity index (χ1) is 14.2. The Morgan fingerprint density at radius 3 is 2.76 bits per heavy atom. The molecule has 2 aromatic rings. The van der Waals surface area contributed by atoms with Gasteiger partial charge in [-0.2, -0.15) is 0 Å². The molecule has 5 rings (SSSR count). The monoisotopic (exact) mass is 413 g/mol. The van der Waals surface area contributed by atoms with Gasteiger partial charge in [-0.15, -0.1) is 11.3 Å². The maximum Gasteiger partial charge on any atom is 0.257 e. The summed E-state index contributed by atoms with van der Waals surface area (Å²) in [7, 11) is 0. The number of thiazole rings is 1. The highest BCUT2D eigenvalue weighted by atomic mass is 32.1. The van der Waals surface area contributed by atoms with Crippen molar-refractivity contribution in [2.24, 2.45) is 0 Å². The molecular formula is C21H23N3O4S. The Labute approximate surface area is 172 Å². The van der Waals surface area contributed by atoms with E-state index in [4.69, 9.17) is 9.47 Å². The maximum absolute atomic E-state index is 12.8. The molecule has 0 bridgehead atoms. The molecular weight excluding hydrogens is 390 g/mol. The second-order valence-electron chi connectivity index (χ2n) is 7.78. The summed E-state index contributed by atoms with van der Waals surface area (Å²) >= 11 is 1.46. The zero-order valence-corrected chi connectivity index (χ0v) is 16.8. The van der Waals surface area contributed by atoms with Crippen LogP contribution in [0.15, 0.2) is 18.2 Å². The van der Waals surface area contributed by atoms with Gasteiger partial charge in [-0.1, -0.05) is 19.3 Å². The van der Waals surface area contributed by atoms with Crippen molar-refractivity contribution >= 4 is 28.3 Å². The number of aromatic nitrogens is 1. The Hall–Kier alpha value is -2.61. The van der Waals surface area contributed by atoms with E-state index in [1.807, 2.05) is 0 Å². The van der Waals surface area contributed by atoms with Gasteiger partial charge >= 0.3 is 0 Å². The highest BCUT2D eigenvalue weighted by Gasteiger charge is 2.34. The van der Waals surface area contributed by atoms with Gasteiger partial charge in [0.2, 0.25) is 12.7 Å². The van der Waals surface area contributed by atoms with Gasteiger partial charge in [-0.3, -0.25) is 14.9 Å². The Morgan fingerprint density at radius 2 is 1.90 bits per heavy atom. The number of hydrogen-bond donors (Lipinski definition) is 2. The SMILES string of the molecule is O=C(Nc1nc2c(s1)CCC2C(=O)NC1CCCCC1)c1ccc2c(c1)OCO2. The van der Waals surface area contributed by atoms with Crippen LogP contribution in [0, 0.1) is 0 Å². The summed E-state index contributed by atoms with van der Waals surface area (Å²) in [6, 6.07) is 5.39. The number of rotatable bonds is 4. The van der Waals surface area contributed by atoms with Gasteiger partial charge in [0.25, 0.3) is 5.91 Å². The van der Waals surface area contributed by atoms with Gasteiger partial charge < -0.3 is 14.8 Å². The lowest BCUT2D eigenvalue weighted by Crippen LogP contribution is -2.38. The standard InChI is InChI=1S/C21H23N3O4S/c25-19(12-6-8-15-16(10-12)28-11-27-15)24-21-23-18-14(7-9-17(18)29-21)20(26)22-13-4-2-1-3-5-13/h6,8,10,13-14H,1-5,7,9,11H2,(H,22,26)(H,23,24,25). The average molecular weight is 413 g/mol. The van der Waals surface area contributed by atoms with Crippen LogP contribution in [0.2, 0.25) is 0 Å². The molecule has 8 heteroatoms. The van der Waals surface area contributed by atoms with Crippen molar-refractivity contribution in [3.63, 3.8) is 0 Å². The number of amides is 2. The number of nitrogens with zero attached hydrogens (tertiary/aromatic N) is 1. The van der Waals surface area contributed by atoms with Gasteiger partial charge in [-0.25, -0.2) is 4.98 Å². The third-order valence-corrected chi connectivity index (χ3v) is 6.89. The second-order valence-corrected chi connectivity index (χ2v) is 8.87. The van der Waals surface area contributed by atoms with Crippen LogP contribution >= 0.6 is 11.3 Å². The van der Waals surface area contributed by atoms with Crippen molar-refractivity contribution in [1.29, 1.82) is 0 Å². The van der Waals surface area contributed by atoms with Crippen LogP contribution in [-0.4, -0.2) is 29.6 Å². The number of ether oxygens (including phenoxy) is 2. The molecule has 3 aliphatic rings. The van der Waals surface area contributed by atoms with E-state index >= 15 is 0 Å². The quantitative estimate of drug-likeness (QED) is 0.799. The highest BCUT2D eigenvalue weighted by Crippen LogP contribution is 2.39. The summed E-state index contributed by atoms with van der Waals surface area (Å²) in [5.41, 5.74) is 1.31. The van der Waals surface area contributed by atoms with E-state index in [-0.39, 0.29) is 24.5 Å². The molecule has 1 atom stereocenters. The minimum Gasteiger partial charge on any atom is -0.454 e. The largest absolute Gasteiger partial charge is 0.454 e. The fourth-order valence-corrected chi connectivity index (χ4v) is 5.33. The Bertz CT molecular complexity index is 951. The van der Waals surface area contributed by atoms with E-state index in [0.29, 0.717) is 28.2 Å². The van der Waals surface area contributed by atoms with Crippen molar-refractivity contribution in [2.75, 3.05) is 12.1 Å². The number of aryl methyl sites for hydroxylation is 1. The summed E-state index contributed by atoms with van der Waals surface area (Å²) in [4.78, 5) is 31.1. The number of fused-ring (bicyclic) bond motifs is 2. The number of hydrogen-bond acceptors (Lipinski definition) is 6. The van der Waals surface area contributed by atoms with E-state index in [1.165, 1.54) is 30.6 Å². The van der Waals surface area contributed by atoms with Crippen LogP contribution in [0.4, 0.5) is 5.13 Å². The van der Waals surface area contributed by atoms with Crippen LogP contribution in [0.1, 0.15) is 65.4 Å². The third-order valence-electron chi connectivity index (χ3n) is 5.84. The minimum atomic E-state index is -0.251. The number of benzene rings is 1. The minimum absolute atomic E-state index is 0.0783. The van der Waals surface area contributed by atoms with Gasteiger partial charge in [0.15, 0.2) is 16.6 Å². The first kappa shape index (κ1) is 18.4. The van der Waals surface area contributed by atoms with E-state index in [2.05, 4.69) is 15.6 Å². The molecule has 1 aromatic heterocycles. The van der Waals surface area contributed by atoms with Crippen molar-refractivity contribution in [3.05, 3.63) is 34.3 Å². The summed E-state index contributed by atoms with van der Waals surface area (Å²) in [5, 5.41) is 6.61. The van der Waals surface area contributed by atoms with E-state index in [1.54, 1.807) is 18.2 Å². The smallest absolute Gasteiger partial charge is 0.257 e. The molecule has 2 heterocycles. The molecule has 7 nitrogen and oxygen atoms in total. The van der Waals surface area contributed by atoms with E-state index in [0.717, 1.165) is 36.3 Å². The zero-order chi connectivity index (χ0) is 19.8. The molecule has 2 aliphatic carbocycles. The average Bonchev–Trinajstić information content (AvgIpc) is 3.43. The molecule has 0 radical (unpaired) electrons. The molecule has 1 aliphatic heterocycles. The summed E-state index contributed by atoms with van der Waals surface area (Å²) in [5.74, 6) is 0.827. The van der Waals surface area contributed by atoms with E-state index in [9.17, 15) is 9.59 Å². The zero-order valence-electron chi connectivity index (χ0n) is 16.0. The Kier molecular flexibility index (Phi) is 4.87. The Balaban J connectivity index is 1.26. The molecule has 2 N–H and O–H groups in total. The van der Waals surface area contributed by atoms with Gasteiger partial charge in [0, 0.05) is 16.5 Å². The first-order valence-corrected chi connectivity index (χ1v) is 11.0. The first-order valence-electron chi connectivity index (χ1n) is 10.2. The molecule has 2 amide bonds. The lowest BCUT2D eigenvalue weighted by molar-refractivity contribution is -0.123. The van der Waals surface area contributed by atoms with Crippen LogP contribution < -0.4 is 20.1 Å². The maximum atomic E-state index is 12.8. The second kappa shape index (κ2) is 7.67. The molecule has 1 fully saturated rings. The molecule has 29 heavy (non-hydrogen) atoms. The third kappa shape index (κ3) is 3.69. The fraction of sp³-hybridized carbons (Fsp3) is 0.476. The number of anilines is 1. The lowest BCUT2D eigenvalue weighted by Gasteiger charge is -2.24. The number of nitrogens with one attached hydrogen (secondary N) is 2. The van der Waals surface area contributed by atoms with Gasteiger partial charge in [0.05, 0.1) is 11.6 Å². The molecule has 152 valence electrons. The summed E-state index contributed by atoms with van der Waals surface area (Å²) in [6.07, 6.45) is 7.40. The predicted octanol–water partition coefficient (Wildman–Crippen LogP) is 3.60. The summed E-state index contributed by atoms with van der Waals surface area (Å²) in [6.45, 7) is 0.171. The van der Waals surface area contributed by atoms with E-state index < -0.39 is 0 Å². The number of carbonyl (C=O) groups is 2. The molecule has 1 aromatic carbocycles. The normalized spacial score (nSPS) is 20.3. The van der Waals surface area contributed by atoms with Crippen molar-refractivity contribution in [1.82, 2.24) is 10.3 Å². The number of carbonyl (C=O) groups excluding carboxylic acids is 2. The Morgan fingerprint density at radius 1 is 1.07 bits per heavy atom. The van der Waals surface area contributed by atoms with Crippen molar-refractivity contribution < 1.29 is 19.1 Å². The fourth-order valence-electron chi connectivity index (χ4n) is 4.29. The van der Waals surface area contributed by atoms with Crippen molar-refractivity contribution in [2.45, 2.75) is 56.9 Å². The molecule has 0 spiro atoms. The van der Waals surface area contributed by atoms with Crippen LogP contribution in [0.5, 0.6) is 11.5 Å². The predicted molar refractivity (Wildman–Crippen MR) is 109 cm³/mol. The highest BCUT2D eigenvalue weighted by molar-refractivity contribution is 7.16.